The van der Waals surface area contributed by atoms with Gasteiger partial charge in [0.15, 0.2) is 11.5 Å². The molecule has 0 spiro atoms. The molecule has 7 heteroatoms. The maximum Gasteiger partial charge on any atom is 0.587 e. The van der Waals surface area contributed by atoms with Crippen LogP contribution in [0.5, 0.6) is 11.5 Å². The molecule has 2 rings (SSSR count). The SMILES string of the molecule is CC(C)=CCC/C(C)=C/CC/C(C)=C/CCC(C)CCOP(=O)(Oc1ccccc1Cl)Oc1ccccc1Cl. The van der Waals surface area contributed by atoms with Crippen LogP contribution < -0.4 is 9.05 Å². The van der Waals surface area contributed by atoms with Gasteiger partial charge in [-0.15, -0.1) is 0 Å². The lowest BCUT2D eigenvalue weighted by Crippen LogP contribution is -2.08. The minimum Gasteiger partial charge on any atom is -0.393 e. The standard InChI is InChI=1S/C32H43Cl2O4P/c1-25(2)13-10-14-26(3)15-11-16-27(4)17-12-18-28(5)23-24-36-39(35,37-31-21-8-6-19-29(31)33)38-32-22-9-7-20-30(32)34/h6-9,13,15,17,19-22,28H,10-12,14,16,18,23-24H2,1-5H3/b26-15+,27-17+. The van der Waals surface area contributed by atoms with E-state index in [0.717, 1.165) is 38.5 Å². The van der Waals surface area contributed by atoms with Crippen LogP contribution >= 0.6 is 31.0 Å². The Balaban J connectivity index is 1.83. The number of para-hydroxylation sites is 2. The molecule has 0 aromatic heterocycles. The Labute approximate surface area is 245 Å². The third kappa shape index (κ3) is 13.8. The molecule has 0 heterocycles. The van der Waals surface area contributed by atoms with Gasteiger partial charge >= 0.3 is 7.82 Å². The Morgan fingerprint density at radius 2 is 1.26 bits per heavy atom. The third-order valence-corrected chi connectivity index (χ3v) is 8.19. The van der Waals surface area contributed by atoms with Crippen molar-refractivity contribution in [3.05, 3.63) is 93.5 Å². The summed E-state index contributed by atoms with van der Waals surface area (Å²) in [6.45, 7) is 11.1. The number of hydrogen-bond acceptors (Lipinski definition) is 4. The summed E-state index contributed by atoms with van der Waals surface area (Å²) in [5, 5.41) is 0.628. The van der Waals surface area contributed by atoms with Gasteiger partial charge in [0, 0.05) is 0 Å². The van der Waals surface area contributed by atoms with Crippen molar-refractivity contribution in [3.8, 4) is 11.5 Å². The number of hydrogen-bond donors (Lipinski definition) is 0. The topological polar surface area (TPSA) is 44.8 Å². The van der Waals surface area contributed by atoms with Crippen molar-refractivity contribution in [1.82, 2.24) is 0 Å². The van der Waals surface area contributed by atoms with E-state index in [1.54, 1.807) is 48.5 Å². The van der Waals surface area contributed by atoms with Gasteiger partial charge in [0.1, 0.15) is 0 Å². The average Bonchev–Trinajstić information content (AvgIpc) is 2.87. The molecule has 0 saturated carbocycles. The molecule has 39 heavy (non-hydrogen) atoms. The largest absolute Gasteiger partial charge is 0.587 e. The molecule has 2 aromatic rings. The first kappa shape index (κ1) is 33.2. The minimum atomic E-state index is -4.04. The van der Waals surface area contributed by atoms with Crippen LogP contribution in [0, 0.1) is 5.92 Å². The van der Waals surface area contributed by atoms with Gasteiger partial charge in [-0.2, -0.15) is 0 Å². The summed E-state index contributed by atoms with van der Waals surface area (Å²) in [7, 11) is -4.04. The van der Waals surface area contributed by atoms with Crippen molar-refractivity contribution >= 4 is 31.0 Å². The van der Waals surface area contributed by atoms with E-state index in [0.29, 0.717) is 22.4 Å². The summed E-state index contributed by atoms with van der Waals surface area (Å²) in [5.74, 6) is 0.822. The van der Waals surface area contributed by atoms with Crippen LogP contribution in [0.15, 0.2) is 83.5 Å². The highest BCUT2D eigenvalue weighted by Gasteiger charge is 2.32. The summed E-state index contributed by atoms with van der Waals surface area (Å²) in [6, 6.07) is 13.5. The third-order valence-electron chi connectivity index (χ3n) is 6.23. The van der Waals surface area contributed by atoms with E-state index in [-0.39, 0.29) is 18.1 Å². The number of phosphoric acid groups is 1. The lowest BCUT2D eigenvalue weighted by Gasteiger charge is -2.21. The molecule has 4 nitrogen and oxygen atoms in total. The summed E-state index contributed by atoms with van der Waals surface area (Å²) in [4.78, 5) is 0. The van der Waals surface area contributed by atoms with Gasteiger partial charge in [-0.3, -0.25) is 4.52 Å². The van der Waals surface area contributed by atoms with E-state index >= 15 is 0 Å². The molecule has 2 aromatic carbocycles. The van der Waals surface area contributed by atoms with Crippen molar-refractivity contribution in [3.63, 3.8) is 0 Å². The van der Waals surface area contributed by atoms with E-state index in [4.69, 9.17) is 36.8 Å². The zero-order valence-electron chi connectivity index (χ0n) is 23.9. The predicted octanol–water partition coefficient (Wildman–Crippen LogP) is 11.8. The van der Waals surface area contributed by atoms with Crippen molar-refractivity contribution in [2.75, 3.05) is 6.61 Å². The van der Waals surface area contributed by atoms with E-state index in [1.807, 2.05) is 0 Å². The highest BCUT2D eigenvalue weighted by atomic mass is 35.5. The minimum absolute atomic E-state index is 0.215. The first-order valence-electron chi connectivity index (χ1n) is 13.7. The highest BCUT2D eigenvalue weighted by Crippen LogP contribution is 2.52. The molecule has 0 aliphatic rings. The van der Waals surface area contributed by atoms with Gasteiger partial charge in [0.25, 0.3) is 0 Å². The number of halogens is 2. The van der Waals surface area contributed by atoms with Crippen LogP contribution in [-0.2, 0) is 9.09 Å². The Kier molecular flexibility index (Phi) is 15.1. The number of benzene rings is 2. The van der Waals surface area contributed by atoms with Crippen LogP contribution in [-0.4, -0.2) is 6.61 Å². The fourth-order valence-electron chi connectivity index (χ4n) is 3.81. The fourth-order valence-corrected chi connectivity index (χ4v) is 5.54. The molecule has 0 bridgehead atoms. The van der Waals surface area contributed by atoms with Crippen molar-refractivity contribution in [2.45, 2.75) is 79.6 Å². The van der Waals surface area contributed by atoms with Crippen LogP contribution in [0.4, 0.5) is 0 Å². The first-order chi connectivity index (χ1) is 18.6. The van der Waals surface area contributed by atoms with E-state index in [2.05, 4.69) is 52.8 Å². The molecular weight excluding hydrogens is 550 g/mol. The lowest BCUT2D eigenvalue weighted by atomic mass is 10.0. The van der Waals surface area contributed by atoms with Gasteiger partial charge in [-0.1, -0.05) is 89.3 Å². The number of rotatable bonds is 17. The summed E-state index contributed by atoms with van der Waals surface area (Å²) in [5.41, 5.74) is 4.26. The second-order valence-electron chi connectivity index (χ2n) is 10.3. The van der Waals surface area contributed by atoms with Crippen LogP contribution in [0.25, 0.3) is 0 Å². The second kappa shape index (κ2) is 17.7. The average molecular weight is 594 g/mol. The second-order valence-corrected chi connectivity index (χ2v) is 12.6. The monoisotopic (exact) mass is 592 g/mol. The Hall–Kier alpha value is -1.97. The number of phosphoric ester groups is 1. The quantitative estimate of drug-likeness (QED) is 0.135. The lowest BCUT2D eigenvalue weighted by molar-refractivity contribution is 0.196. The van der Waals surface area contributed by atoms with Gasteiger partial charge in [0.2, 0.25) is 0 Å². The van der Waals surface area contributed by atoms with Crippen LogP contribution in [0.3, 0.4) is 0 Å². The normalized spacial score (nSPS) is 13.2. The molecule has 1 atom stereocenters. The van der Waals surface area contributed by atoms with Gasteiger partial charge in [-0.05, 0) is 103 Å². The zero-order valence-corrected chi connectivity index (χ0v) is 26.3. The van der Waals surface area contributed by atoms with Crippen LogP contribution in [0.2, 0.25) is 10.0 Å². The van der Waals surface area contributed by atoms with Crippen molar-refractivity contribution < 1.29 is 18.1 Å². The maximum atomic E-state index is 13.6. The fraction of sp³-hybridized carbons (Fsp3) is 0.438. The molecule has 0 aliphatic heterocycles. The first-order valence-corrected chi connectivity index (χ1v) is 15.9. The highest BCUT2D eigenvalue weighted by molar-refractivity contribution is 7.49. The van der Waals surface area contributed by atoms with Crippen molar-refractivity contribution in [2.24, 2.45) is 5.92 Å². The molecule has 0 radical (unpaired) electrons. The summed E-state index contributed by atoms with van der Waals surface area (Å²) in [6.07, 6.45) is 14.1. The van der Waals surface area contributed by atoms with Gasteiger partial charge in [-0.25, -0.2) is 4.57 Å². The van der Waals surface area contributed by atoms with E-state index in [9.17, 15) is 4.57 Å². The van der Waals surface area contributed by atoms with E-state index < -0.39 is 7.82 Å². The van der Waals surface area contributed by atoms with Crippen molar-refractivity contribution in [1.29, 1.82) is 0 Å². The molecule has 1 unspecified atom stereocenters. The predicted molar refractivity (Wildman–Crippen MR) is 166 cm³/mol. The molecule has 214 valence electrons. The van der Waals surface area contributed by atoms with Crippen LogP contribution in [0.1, 0.15) is 79.6 Å². The molecule has 0 N–H and O–H groups in total. The molecule has 0 amide bonds. The molecule has 0 fully saturated rings. The number of allylic oxidation sites excluding steroid dienone is 6. The Bertz CT molecular complexity index is 1120. The van der Waals surface area contributed by atoms with Gasteiger partial charge in [0.05, 0.1) is 16.7 Å². The molecular formula is C32H43Cl2O4P. The Morgan fingerprint density at radius 1 is 0.769 bits per heavy atom. The summed E-state index contributed by atoms with van der Waals surface area (Å²) < 4.78 is 30.7. The molecule has 0 saturated heterocycles. The smallest absolute Gasteiger partial charge is 0.393 e. The molecule has 0 aliphatic carbocycles. The summed E-state index contributed by atoms with van der Waals surface area (Å²) >= 11 is 12.4. The van der Waals surface area contributed by atoms with Gasteiger partial charge < -0.3 is 9.05 Å². The van der Waals surface area contributed by atoms with E-state index in [1.165, 1.54) is 16.7 Å². The Morgan fingerprint density at radius 3 is 1.77 bits per heavy atom. The zero-order chi connectivity index (χ0) is 28.7. The maximum absolute atomic E-state index is 13.6.